The van der Waals surface area contributed by atoms with Gasteiger partial charge in [0.1, 0.15) is 0 Å². The fraction of sp³-hybridized carbons (Fsp3) is 1.00. The van der Waals surface area contributed by atoms with Crippen molar-refractivity contribution in [3.8, 4) is 0 Å². The molecule has 4 fully saturated rings. The van der Waals surface area contributed by atoms with E-state index in [2.05, 4.69) is 13.8 Å². The topological polar surface area (TPSA) is 20.2 Å². The van der Waals surface area contributed by atoms with Gasteiger partial charge in [0, 0.05) is 0 Å². The van der Waals surface area contributed by atoms with Crippen molar-refractivity contribution >= 4 is 0 Å². The number of hydrogen-bond donors (Lipinski definition) is 1. The average molecular weight is 276 g/mol. The summed E-state index contributed by atoms with van der Waals surface area (Å²) in [6.07, 6.45) is 12.4. The van der Waals surface area contributed by atoms with Crippen molar-refractivity contribution < 1.29 is 5.11 Å². The van der Waals surface area contributed by atoms with Gasteiger partial charge in [0.25, 0.3) is 0 Å². The molecule has 0 aromatic rings. The van der Waals surface area contributed by atoms with Crippen LogP contribution < -0.4 is 0 Å². The summed E-state index contributed by atoms with van der Waals surface area (Å²) in [6, 6.07) is 0. The fourth-order valence-electron chi connectivity index (χ4n) is 7.18. The highest BCUT2D eigenvalue weighted by Crippen LogP contribution is 2.63. The van der Waals surface area contributed by atoms with E-state index < -0.39 is 0 Å². The zero-order valence-electron chi connectivity index (χ0n) is 13.4. The van der Waals surface area contributed by atoms with E-state index in [1.54, 1.807) is 0 Å². The molecule has 4 rings (SSSR count). The molecule has 0 bridgehead atoms. The normalized spacial score (nSPS) is 58.6. The molecule has 0 aromatic carbocycles. The van der Waals surface area contributed by atoms with Gasteiger partial charge in [0.15, 0.2) is 0 Å². The third kappa shape index (κ3) is 1.84. The van der Waals surface area contributed by atoms with Gasteiger partial charge in [0.2, 0.25) is 0 Å². The fourth-order valence-corrected chi connectivity index (χ4v) is 7.18. The first-order valence-electron chi connectivity index (χ1n) is 9.27. The molecule has 0 amide bonds. The lowest BCUT2D eigenvalue weighted by Crippen LogP contribution is -2.51. The van der Waals surface area contributed by atoms with Gasteiger partial charge in [-0.1, -0.05) is 20.3 Å². The summed E-state index contributed by atoms with van der Waals surface area (Å²) in [4.78, 5) is 0. The molecule has 4 aliphatic carbocycles. The average Bonchev–Trinajstić information content (AvgIpc) is 2.82. The van der Waals surface area contributed by atoms with Crippen molar-refractivity contribution in [2.24, 2.45) is 40.9 Å². The van der Waals surface area contributed by atoms with Gasteiger partial charge in [-0.2, -0.15) is 0 Å². The predicted molar refractivity (Wildman–Crippen MR) is 82.3 cm³/mol. The van der Waals surface area contributed by atoms with Gasteiger partial charge in [0.05, 0.1) is 6.10 Å². The Morgan fingerprint density at radius 1 is 0.850 bits per heavy atom. The van der Waals surface area contributed by atoms with E-state index >= 15 is 0 Å². The summed E-state index contributed by atoms with van der Waals surface area (Å²) in [5.74, 6) is 5.97. The number of aliphatic hydroxyl groups excluding tert-OH is 1. The first kappa shape index (κ1) is 13.6. The predicted octanol–water partition coefficient (Wildman–Crippen LogP) is 4.64. The molecule has 114 valence electrons. The second kappa shape index (κ2) is 4.73. The standard InChI is InChI=1S/C19H32O/c1-12-3-5-16-15(12)7-8-18-17(16)6-4-13-11-14(20)9-10-19(13,18)2/h12-18,20H,3-11H2,1-2H3. The Bertz CT molecular complexity index is 378. The van der Waals surface area contributed by atoms with Gasteiger partial charge >= 0.3 is 0 Å². The van der Waals surface area contributed by atoms with Crippen molar-refractivity contribution in [1.82, 2.24) is 0 Å². The van der Waals surface area contributed by atoms with E-state index in [0.717, 1.165) is 48.3 Å². The second-order valence-electron chi connectivity index (χ2n) is 8.94. The van der Waals surface area contributed by atoms with Crippen LogP contribution in [-0.4, -0.2) is 11.2 Å². The van der Waals surface area contributed by atoms with Crippen molar-refractivity contribution in [2.75, 3.05) is 0 Å². The molecular weight excluding hydrogens is 244 g/mol. The SMILES string of the molecule is CC1CCC2C1CCC1C2CCC2CC(O)CCC21C. The quantitative estimate of drug-likeness (QED) is 0.683. The largest absolute Gasteiger partial charge is 0.393 e. The Labute approximate surface area is 124 Å². The minimum atomic E-state index is 0.00691. The summed E-state index contributed by atoms with van der Waals surface area (Å²) in [5.41, 5.74) is 0.568. The smallest absolute Gasteiger partial charge is 0.0543 e. The van der Waals surface area contributed by atoms with Crippen LogP contribution in [0, 0.1) is 40.9 Å². The van der Waals surface area contributed by atoms with Crippen molar-refractivity contribution in [3.63, 3.8) is 0 Å². The lowest BCUT2D eigenvalue weighted by molar-refractivity contribution is -0.108. The van der Waals surface area contributed by atoms with Gasteiger partial charge in [-0.15, -0.1) is 0 Å². The summed E-state index contributed by atoms with van der Waals surface area (Å²) >= 11 is 0. The summed E-state index contributed by atoms with van der Waals surface area (Å²) in [6.45, 7) is 5.11. The van der Waals surface area contributed by atoms with Crippen LogP contribution >= 0.6 is 0 Å². The molecule has 0 aromatic heterocycles. The molecule has 0 aliphatic heterocycles. The third-order valence-electron chi connectivity index (χ3n) is 8.31. The maximum absolute atomic E-state index is 10.0. The Morgan fingerprint density at radius 3 is 2.45 bits per heavy atom. The number of aliphatic hydroxyl groups is 1. The molecule has 0 saturated heterocycles. The molecule has 1 nitrogen and oxygen atoms in total. The van der Waals surface area contributed by atoms with Gasteiger partial charge in [-0.3, -0.25) is 0 Å². The molecule has 4 aliphatic rings. The van der Waals surface area contributed by atoms with E-state index in [9.17, 15) is 5.11 Å². The van der Waals surface area contributed by atoms with Crippen LogP contribution in [0.2, 0.25) is 0 Å². The third-order valence-corrected chi connectivity index (χ3v) is 8.31. The molecule has 1 heteroatoms. The Hall–Kier alpha value is -0.0400. The molecular formula is C19H32O. The zero-order chi connectivity index (χ0) is 13.9. The Kier molecular flexibility index (Phi) is 3.22. The first-order valence-corrected chi connectivity index (χ1v) is 9.27. The van der Waals surface area contributed by atoms with Crippen molar-refractivity contribution in [2.45, 2.75) is 77.7 Å². The molecule has 8 atom stereocenters. The monoisotopic (exact) mass is 276 g/mol. The van der Waals surface area contributed by atoms with E-state index in [4.69, 9.17) is 0 Å². The highest BCUT2D eigenvalue weighted by atomic mass is 16.3. The lowest BCUT2D eigenvalue weighted by atomic mass is 9.47. The minimum Gasteiger partial charge on any atom is -0.393 e. The molecule has 20 heavy (non-hydrogen) atoms. The van der Waals surface area contributed by atoms with Crippen LogP contribution in [-0.2, 0) is 0 Å². The minimum absolute atomic E-state index is 0.00691. The van der Waals surface area contributed by atoms with Crippen LogP contribution in [0.4, 0.5) is 0 Å². The molecule has 0 radical (unpaired) electrons. The van der Waals surface area contributed by atoms with Crippen LogP contribution in [0.25, 0.3) is 0 Å². The number of rotatable bonds is 0. The van der Waals surface area contributed by atoms with Crippen molar-refractivity contribution in [3.05, 3.63) is 0 Å². The number of fused-ring (bicyclic) bond motifs is 5. The maximum atomic E-state index is 10.0. The maximum Gasteiger partial charge on any atom is 0.0543 e. The second-order valence-corrected chi connectivity index (χ2v) is 8.94. The summed E-state index contributed by atoms with van der Waals surface area (Å²) in [5, 5.41) is 10.0. The van der Waals surface area contributed by atoms with Crippen LogP contribution in [0.3, 0.4) is 0 Å². The van der Waals surface area contributed by atoms with Crippen LogP contribution in [0.1, 0.15) is 71.6 Å². The molecule has 8 unspecified atom stereocenters. The van der Waals surface area contributed by atoms with E-state index in [0.29, 0.717) is 5.41 Å². The molecule has 4 saturated carbocycles. The van der Waals surface area contributed by atoms with E-state index in [1.165, 1.54) is 44.9 Å². The first-order chi connectivity index (χ1) is 9.59. The van der Waals surface area contributed by atoms with Crippen molar-refractivity contribution in [1.29, 1.82) is 0 Å². The Balaban J connectivity index is 1.59. The highest BCUT2D eigenvalue weighted by Gasteiger charge is 2.55. The highest BCUT2D eigenvalue weighted by molar-refractivity contribution is 5.05. The molecule has 0 heterocycles. The van der Waals surface area contributed by atoms with Crippen LogP contribution in [0.15, 0.2) is 0 Å². The van der Waals surface area contributed by atoms with E-state index in [1.807, 2.05) is 0 Å². The summed E-state index contributed by atoms with van der Waals surface area (Å²) in [7, 11) is 0. The van der Waals surface area contributed by atoms with Crippen LogP contribution in [0.5, 0.6) is 0 Å². The van der Waals surface area contributed by atoms with Gasteiger partial charge in [-0.05, 0) is 92.3 Å². The Morgan fingerprint density at radius 2 is 1.60 bits per heavy atom. The molecule has 0 spiro atoms. The lowest BCUT2D eigenvalue weighted by Gasteiger charge is -2.58. The van der Waals surface area contributed by atoms with Gasteiger partial charge in [-0.25, -0.2) is 0 Å². The molecule has 1 N–H and O–H groups in total. The number of hydrogen-bond acceptors (Lipinski definition) is 1. The van der Waals surface area contributed by atoms with Gasteiger partial charge < -0.3 is 5.11 Å². The zero-order valence-corrected chi connectivity index (χ0v) is 13.4. The summed E-state index contributed by atoms with van der Waals surface area (Å²) < 4.78 is 0. The van der Waals surface area contributed by atoms with E-state index in [-0.39, 0.29) is 6.10 Å².